The molecular formula is C13H15NO3S2. The van der Waals surface area contributed by atoms with Gasteiger partial charge in [0.2, 0.25) is 10.0 Å². The highest BCUT2D eigenvalue weighted by molar-refractivity contribution is 7.91. The van der Waals surface area contributed by atoms with Crippen molar-refractivity contribution in [1.29, 1.82) is 0 Å². The fourth-order valence-corrected chi connectivity index (χ4v) is 3.77. The summed E-state index contributed by atoms with van der Waals surface area (Å²) in [7, 11) is -1.79. The van der Waals surface area contributed by atoms with E-state index in [1.54, 1.807) is 24.6 Å². The van der Waals surface area contributed by atoms with Gasteiger partial charge in [-0.15, -0.1) is 11.3 Å². The first-order chi connectivity index (χ1) is 9.03. The van der Waals surface area contributed by atoms with Gasteiger partial charge in [-0.1, -0.05) is 18.2 Å². The number of rotatable bonds is 5. The lowest BCUT2D eigenvalue weighted by Crippen LogP contribution is -2.22. The van der Waals surface area contributed by atoms with Gasteiger partial charge in [0.05, 0.1) is 7.11 Å². The molecule has 1 aromatic heterocycles. The number of ether oxygens (including phenoxy) is 1. The molecule has 1 aromatic carbocycles. The van der Waals surface area contributed by atoms with Crippen LogP contribution in [0.25, 0.3) is 0 Å². The van der Waals surface area contributed by atoms with Crippen molar-refractivity contribution in [3.63, 3.8) is 0 Å². The second kappa shape index (κ2) is 5.73. The van der Waals surface area contributed by atoms with E-state index >= 15 is 0 Å². The number of methoxy groups -OCH3 is 1. The zero-order valence-corrected chi connectivity index (χ0v) is 12.3. The van der Waals surface area contributed by atoms with Crippen molar-refractivity contribution in [3.05, 3.63) is 46.8 Å². The van der Waals surface area contributed by atoms with Crippen LogP contribution in [0.5, 0.6) is 5.75 Å². The molecule has 6 heteroatoms. The molecule has 102 valence electrons. The minimum Gasteiger partial charge on any atom is -0.496 e. The van der Waals surface area contributed by atoms with Crippen LogP contribution in [0.15, 0.2) is 39.9 Å². The molecule has 0 aliphatic rings. The molecule has 0 saturated carbocycles. The summed E-state index contributed by atoms with van der Waals surface area (Å²) < 4.78 is 32.0. The van der Waals surface area contributed by atoms with Crippen LogP contribution in [-0.2, 0) is 16.6 Å². The van der Waals surface area contributed by atoms with Crippen LogP contribution in [-0.4, -0.2) is 15.5 Å². The van der Waals surface area contributed by atoms with Gasteiger partial charge in [-0.2, -0.15) is 0 Å². The van der Waals surface area contributed by atoms with Crippen molar-refractivity contribution in [3.8, 4) is 5.75 Å². The summed E-state index contributed by atoms with van der Waals surface area (Å²) >= 11 is 1.20. The van der Waals surface area contributed by atoms with Crippen LogP contribution in [0.4, 0.5) is 0 Å². The minimum absolute atomic E-state index is 0.269. The number of aryl methyl sites for hydroxylation is 1. The number of sulfonamides is 1. The third-order valence-electron chi connectivity index (χ3n) is 2.69. The Bertz CT molecular complexity index is 649. The number of hydrogen-bond donors (Lipinski definition) is 1. The molecule has 0 saturated heterocycles. The molecule has 2 rings (SSSR count). The number of thiophene rings is 1. The van der Waals surface area contributed by atoms with Gasteiger partial charge in [0.15, 0.2) is 0 Å². The molecule has 0 bridgehead atoms. The Morgan fingerprint density at radius 3 is 2.68 bits per heavy atom. The minimum atomic E-state index is -3.41. The SMILES string of the molecule is COc1ccc(CNS(=O)(=O)c2cccs2)cc1C. The molecule has 0 unspecified atom stereocenters. The summed E-state index contributed by atoms with van der Waals surface area (Å²) in [4.78, 5) is 0. The maximum Gasteiger partial charge on any atom is 0.250 e. The van der Waals surface area contributed by atoms with E-state index in [1.165, 1.54) is 11.3 Å². The average molecular weight is 297 g/mol. The Balaban J connectivity index is 2.09. The number of hydrogen-bond acceptors (Lipinski definition) is 4. The third kappa shape index (κ3) is 3.34. The van der Waals surface area contributed by atoms with E-state index in [9.17, 15) is 8.42 Å². The first-order valence-corrected chi connectivity index (χ1v) is 8.06. The van der Waals surface area contributed by atoms with Crippen LogP contribution in [0.1, 0.15) is 11.1 Å². The van der Waals surface area contributed by atoms with Crippen molar-refractivity contribution >= 4 is 21.4 Å². The molecule has 0 aliphatic carbocycles. The van der Waals surface area contributed by atoms with Crippen molar-refractivity contribution in [1.82, 2.24) is 4.72 Å². The average Bonchev–Trinajstić information content (AvgIpc) is 2.91. The molecule has 0 radical (unpaired) electrons. The topological polar surface area (TPSA) is 55.4 Å². The van der Waals surface area contributed by atoms with Gasteiger partial charge < -0.3 is 4.74 Å². The maximum atomic E-state index is 11.9. The summed E-state index contributed by atoms with van der Waals surface area (Å²) in [5, 5.41) is 1.74. The highest BCUT2D eigenvalue weighted by Gasteiger charge is 2.14. The fraction of sp³-hybridized carbons (Fsp3) is 0.231. The smallest absolute Gasteiger partial charge is 0.250 e. The van der Waals surface area contributed by atoms with Gasteiger partial charge in [-0.25, -0.2) is 13.1 Å². The first kappa shape index (κ1) is 14.0. The van der Waals surface area contributed by atoms with Crippen LogP contribution < -0.4 is 9.46 Å². The fourth-order valence-electron chi connectivity index (χ4n) is 1.72. The van der Waals surface area contributed by atoms with Crippen molar-refractivity contribution in [2.24, 2.45) is 0 Å². The van der Waals surface area contributed by atoms with Gasteiger partial charge in [0.25, 0.3) is 0 Å². The van der Waals surface area contributed by atoms with Crippen molar-refractivity contribution < 1.29 is 13.2 Å². The Labute approximate surface area is 117 Å². The summed E-state index contributed by atoms with van der Waals surface area (Å²) in [5.41, 5.74) is 1.88. The molecule has 19 heavy (non-hydrogen) atoms. The highest BCUT2D eigenvalue weighted by atomic mass is 32.2. The second-order valence-electron chi connectivity index (χ2n) is 4.06. The molecule has 1 heterocycles. The predicted molar refractivity (Wildman–Crippen MR) is 76.1 cm³/mol. The Morgan fingerprint density at radius 2 is 2.11 bits per heavy atom. The first-order valence-electron chi connectivity index (χ1n) is 5.69. The number of nitrogens with one attached hydrogen (secondary N) is 1. The molecule has 0 atom stereocenters. The largest absolute Gasteiger partial charge is 0.496 e. The van der Waals surface area contributed by atoms with Crippen LogP contribution in [0, 0.1) is 6.92 Å². The molecule has 2 aromatic rings. The van der Waals surface area contributed by atoms with Crippen molar-refractivity contribution in [2.75, 3.05) is 7.11 Å². The zero-order valence-electron chi connectivity index (χ0n) is 10.7. The highest BCUT2D eigenvalue weighted by Crippen LogP contribution is 2.19. The summed E-state index contributed by atoms with van der Waals surface area (Å²) in [6.07, 6.45) is 0. The summed E-state index contributed by atoms with van der Waals surface area (Å²) in [6, 6.07) is 8.91. The lowest BCUT2D eigenvalue weighted by Gasteiger charge is -2.08. The lowest BCUT2D eigenvalue weighted by atomic mass is 10.1. The quantitative estimate of drug-likeness (QED) is 0.922. The van der Waals surface area contributed by atoms with Crippen molar-refractivity contribution in [2.45, 2.75) is 17.7 Å². The van der Waals surface area contributed by atoms with E-state index in [4.69, 9.17) is 4.74 Å². The van der Waals surface area contributed by atoms with Gasteiger partial charge >= 0.3 is 0 Å². The van der Waals surface area contributed by atoms with Gasteiger partial charge in [-0.05, 0) is 35.6 Å². The van der Waals surface area contributed by atoms with Gasteiger partial charge in [0, 0.05) is 6.54 Å². The Kier molecular flexibility index (Phi) is 4.24. The van der Waals surface area contributed by atoms with E-state index in [1.807, 2.05) is 25.1 Å². The Morgan fingerprint density at radius 1 is 1.32 bits per heavy atom. The molecule has 1 N–H and O–H groups in total. The molecule has 0 fully saturated rings. The van der Waals surface area contributed by atoms with E-state index < -0.39 is 10.0 Å². The molecule has 0 amide bonds. The maximum absolute atomic E-state index is 11.9. The monoisotopic (exact) mass is 297 g/mol. The standard InChI is InChI=1S/C13H15NO3S2/c1-10-8-11(5-6-12(10)17-2)9-14-19(15,16)13-4-3-7-18-13/h3-8,14H,9H2,1-2H3. The van der Waals surface area contributed by atoms with E-state index in [2.05, 4.69) is 4.72 Å². The van der Waals surface area contributed by atoms with E-state index in [0.717, 1.165) is 16.9 Å². The molecule has 0 spiro atoms. The van der Waals surface area contributed by atoms with Gasteiger partial charge in [-0.3, -0.25) is 0 Å². The molecular weight excluding hydrogens is 282 g/mol. The molecule has 0 aliphatic heterocycles. The zero-order chi connectivity index (χ0) is 13.9. The summed E-state index contributed by atoms with van der Waals surface area (Å²) in [6.45, 7) is 2.20. The third-order valence-corrected chi connectivity index (χ3v) is 5.48. The van der Waals surface area contributed by atoms with Crippen LogP contribution >= 0.6 is 11.3 Å². The van der Waals surface area contributed by atoms with E-state index in [0.29, 0.717) is 4.21 Å². The number of benzene rings is 1. The lowest BCUT2D eigenvalue weighted by molar-refractivity contribution is 0.411. The molecule has 4 nitrogen and oxygen atoms in total. The van der Waals surface area contributed by atoms with Crippen LogP contribution in [0.3, 0.4) is 0 Å². The predicted octanol–water partition coefficient (Wildman–Crippen LogP) is 2.54. The van der Waals surface area contributed by atoms with E-state index in [-0.39, 0.29) is 6.54 Å². The second-order valence-corrected chi connectivity index (χ2v) is 7.00. The van der Waals surface area contributed by atoms with Crippen LogP contribution in [0.2, 0.25) is 0 Å². The summed E-state index contributed by atoms with van der Waals surface area (Å²) in [5.74, 6) is 0.796. The normalized spacial score (nSPS) is 11.5. The Hall–Kier alpha value is -1.37. The van der Waals surface area contributed by atoms with Gasteiger partial charge in [0.1, 0.15) is 9.96 Å².